The summed E-state index contributed by atoms with van der Waals surface area (Å²) in [5, 5.41) is 9.83. The van der Waals surface area contributed by atoms with Crippen molar-refractivity contribution in [1.82, 2.24) is 4.90 Å². The first-order chi connectivity index (χ1) is 15.3. The number of aliphatic carboxylic acids is 1. The van der Waals surface area contributed by atoms with Crippen molar-refractivity contribution in [2.24, 2.45) is 34.5 Å². The predicted molar refractivity (Wildman–Crippen MR) is 122 cm³/mol. The summed E-state index contributed by atoms with van der Waals surface area (Å²) >= 11 is 0. The van der Waals surface area contributed by atoms with Crippen molar-refractivity contribution in [2.45, 2.75) is 65.0 Å². The molecular formula is C27H35NO4. The van der Waals surface area contributed by atoms with Crippen LogP contribution < -0.4 is 4.74 Å². The van der Waals surface area contributed by atoms with E-state index in [-0.39, 0.29) is 28.7 Å². The molecule has 1 aliphatic heterocycles. The number of nitrogens with zero attached hydrogens (tertiary/aromatic N) is 1. The van der Waals surface area contributed by atoms with Crippen LogP contribution in [0.15, 0.2) is 36.4 Å². The third kappa shape index (κ3) is 3.11. The molecule has 0 spiro atoms. The fraction of sp³-hybridized carbons (Fsp3) is 0.630. The van der Waals surface area contributed by atoms with Crippen LogP contribution in [0.4, 0.5) is 0 Å². The highest BCUT2D eigenvalue weighted by Gasteiger charge is 2.61. The van der Waals surface area contributed by atoms with E-state index in [4.69, 9.17) is 4.74 Å². The van der Waals surface area contributed by atoms with Crippen LogP contribution >= 0.6 is 0 Å². The molecule has 3 aliphatic carbocycles. The van der Waals surface area contributed by atoms with Gasteiger partial charge in [-0.3, -0.25) is 9.59 Å². The molecule has 0 radical (unpaired) electrons. The van der Waals surface area contributed by atoms with Crippen LogP contribution in [0.5, 0.6) is 5.75 Å². The third-order valence-electron chi connectivity index (χ3n) is 9.78. The molecule has 7 atom stereocenters. The number of carboxylic acid groups (broad SMARTS) is 1. The van der Waals surface area contributed by atoms with Gasteiger partial charge < -0.3 is 14.7 Å². The molecule has 0 unspecified atom stereocenters. The zero-order valence-electron chi connectivity index (χ0n) is 19.4. The Morgan fingerprint density at radius 2 is 1.84 bits per heavy atom. The Kier molecular flexibility index (Phi) is 5.14. The zero-order valence-corrected chi connectivity index (χ0v) is 19.4. The number of amides is 1. The smallest absolute Gasteiger partial charge is 0.307 e. The molecule has 0 bridgehead atoms. The van der Waals surface area contributed by atoms with Gasteiger partial charge in [-0.15, -0.1) is 0 Å². The lowest BCUT2D eigenvalue weighted by molar-refractivity contribution is -0.153. The Balaban J connectivity index is 1.41. The summed E-state index contributed by atoms with van der Waals surface area (Å²) in [5.41, 5.74) is 0.995. The lowest BCUT2D eigenvalue weighted by Gasteiger charge is -2.60. The van der Waals surface area contributed by atoms with Crippen molar-refractivity contribution < 1.29 is 19.4 Å². The standard InChI is InChI=1S/C27H35NO4/c1-26-14-12-21-19(20(26)9-10-22(26)25(30)31)8-11-23-27(21,2)15-13-24(29)28(23)16-17-4-6-18(32-3)7-5-17/h4-7,13,15,19-23H,8-12,14,16H2,1-3H3,(H,30,31)/t19-,20-,21-,22+,23+,26-,27+/m0/s1. The number of ether oxygens (including phenoxy) is 1. The summed E-state index contributed by atoms with van der Waals surface area (Å²) in [6.45, 7) is 5.21. The second-order valence-corrected chi connectivity index (χ2v) is 11.0. The van der Waals surface area contributed by atoms with Gasteiger partial charge in [0.1, 0.15) is 5.75 Å². The summed E-state index contributed by atoms with van der Waals surface area (Å²) in [5.74, 6) is 1.67. The highest BCUT2D eigenvalue weighted by Crippen LogP contribution is 2.65. The number of methoxy groups -OCH3 is 1. The predicted octanol–water partition coefficient (Wildman–Crippen LogP) is 4.91. The van der Waals surface area contributed by atoms with Crippen LogP contribution in [0.25, 0.3) is 0 Å². The maximum atomic E-state index is 13.0. The van der Waals surface area contributed by atoms with E-state index in [0.717, 1.165) is 49.8 Å². The van der Waals surface area contributed by atoms with Gasteiger partial charge >= 0.3 is 5.97 Å². The Morgan fingerprint density at radius 1 is 1.09 bits per heavy atom. The van der Waals surface area contributed by atoms with E-state index in [9.17, 15) is 14.7 Å². The quantitative estimate of drug-likeness (QED) is 0.727. The maximum absolute atomic E-state index is 13.0. The highest BCUT2D eigenvalue weighted by molar-refractivity contribution is 5.89. The van der Waals surface area contributed by atoms with Gasteiger partial charge in [0.2, 0.25) is 5.91 Å². The van der Waals surface area contributed by atoms with Gasteiger partial charge in [0.15, 0.2) is 0 Å². The van der Waals surface area contributed by atoms with Gasteiger partial charge in [0.05, 0.1) is 13.0 Å². The van der Waals surface area contributed by atoms with Crippen molar-refractivity contribution in [3.63, 3.8) is 0 Å². The summed E-state index contributed by atoms with van der Waals surface area (Å²) in [7, 11) is 1.66. The van der Waals surface area contributed by atoms with Crippen molar-refractivity contribution in [1.29, 1.82) is 0 Å². The van der Waals surface area contributed by atoms with Gasteiger partial charge in [0.25, 0.3) is 0 Å². The summed E-state index contributed by atoms with van der Waals surface area (Å²) < 4.78 is 5.28. The molecule has 5 heteroatoms. The number of hydrogen-bond donors (Lipinski definition) is 1. The molecule has 1 heterocycles. The van der Waals surface area contributed by atoms with Gasteiger partial charge in [-0.25, -0.2) is 0 Å². The largest absolute Gasteiger partial charge is 0.497 e. The van der Waals surface area contributed by atoms with E-state index < -0.39 is 5.97 Å². The van der Waals surface area contributed by atoms with E-state index in [2.05, 4.69) is 24.8 Å². The molecule has 32 heavy (non-hydrogen) atoms. The minimum absolute atomic E-state index is 0.0497. The molecular weight excluding hydrogens is 402 g/mol. The summed E-state index contributed by atoms with van der Waals surface area (Å²) in [4.78, 5) is 27.0. The lowest BCUT2D eigenvalue weighted by atomic mass is 9.47. The molecule has 1 aromatic rings. The second-order valence-electron chi connectivity index (χ2n) is 11.0. The molecule has 172 valence electrons. The van der Waals surface area contributed by atoms with Gasteiger partial charge in [-0.1, -0.05) is 32.1 Å². The molecule has 1 amide bonds. The fourth-order valence-electron chi connectivity index (χ4n) is 8.12. The minimum Gasteiger partial charge on any atom is -0.497 e. The van der Waals surface area contributed by atoms with E-state index in [0.29, 0.717) is 24.3 Å². The van der Waals surface area contributed by atoms with Crippen molar-refractivity contribution in [2.75, 3.05) is 7.11 Å². The fourth-order valence-corrected chi connectivity index (χ4v) is 8.12. The first-order valence-corrected chi connectivity index (χ1v) is 12.1. The number of carbonyl (C=O) groups excluding carboxylic acids is 1. The number of carbonyl (C=O) groups is 2. The van der Waals surface area contributed by atoms with Crippen molar-refractivity contribution in [3.8, 4) is 5.75 Å². The maximum Gasteiger partial charge on any atom is 0.307 e. The van der Waals surface area contributed by atoms with Gasteiger partial charge in [0, 0.05) is 18.0 Å². The average molecular weight is 438 g/mol. The molecule has 5 rings (SSSR count). The van der Waals surface area contributed by atoms with Crippen LogP contribution in [0, 0.1) is 34.5 Å². The molecule has 1 N–H and O–H groups in total. The molecule has 0 aromatic heterocycles. The number of hydrogen-bond acceptors (Lipinski definition) is 3. The molecule has 3 fully saturated rings. The Labute approximate surface area is 190 Å². The Hall–Kier alpha value is -2.30. The average Bonchev–Trinajstić information content (AvgIpc) is 3.14. The SMILES string of the molecule is COc1ccc(CN2C(=O)C=C[C@]3(C)[C@H]4CC[C@]5(C)[C@@H](C(=O)O)CC[C@H]5[C@@H]4CC[C@@H]23)cc1. The van der Waals surface area contributed by atoms with Crippen LogP contribution in [-0.2, 0) is 16.1 Å². The van der Waals surface area contributed by atoms with E-state index in [1.165, 1.54) is 0 Å². The van der Waals surface area contributed by atoms with E-state index in [1.807, 2.05) is 24.3 Å². The molecule has 0 saturated heterocycles. The Bertz CT molecular complexity index is 939. The third-order valence-corrected chi connectivity index (χ3v) is 9.78. The minimum atomic E-state index is -0.609. The normalized spacial score (nSPS) is 40.4. The lowest BCUT2D eigenvalue weighted by Crippen LogP contribution is -2.60. The van der Waals surface area contributed by atoms with Gasteiger partial charge in [-0.2, -0.15) is 0 Å². The first kappa shape index (κ1) is 21.5. The topological polar surface area (TPSA) is 66.8 Å². The first-order valence-electron chi connectivity index (χ1n) is 12.1. The zero-order chi connectivity index (χ0) is 22.7. The van der Waals surface area contributed by atoms with E-state index in [1.54, 1.807) is 13.2 Å². The number of carboxylic acids is 1. The van der Waals surface area contributed by atoms with Crippen molar-refractivity contribution >= 4 is 11.9 Å². The van der Waals surface area contributed by atoms with Crippen LogP contribution in [0.1, 0.15) is 57.9 Å². The summed E-state index contributed by atoms with van der Waals surface area (Å²) in [6.07, 6.45) is 9.98. The van der Waals surface area contributed by atoms with Crippen LogP contribution in [-0.4, -0.2) is 35.0 Å². The van der Waals surface area contributed by atoms with Gasteiger partial charge in [-0.05, 0) is 85.5 Å². The number of fused-ring (bicyclic) bond motifs is 5. The summed E-state index contributed by atoms with van der Waals surface area (Å²) in [6, 6.07) is 8.20. The molecule has 5 nitrogen and oxygen atoms in total. The highest BCUT2D eigenvalue weighted by atomic mass is 16.5. The molecule has 1 aromatic carbocycles. The Morgan fingerprint density at radius 3 is 2.53 bits per heavy atom. The van der Waals surface area contributed by atoms with Crippen molar-refractivity contribution in [3.05, 3.63) is 42.0 Å². The second kappa shape index (κ2) is 7.64. The van der Waals surface area contributed by atoms with E-state index >= 15 is 0 Å². The number of benzene rings is 1. The molecule has 3 saturated carbocycles. The van der Waals surface area contributed by atoms with Crippen LogP contribution in [0.3, 0.4) is 0 Å². The van der Waals surface area contributed by atoms with Crippen LogP contribution in [0.2, 0.25) is 0 Å². The number of rotatable bonds is 4. The molecule has 4 aliphatic rings. The monoisotopic (exact) mass is 437 g/mol.